The SMILES string of the molecule is CC(Nc1c(F)cc(F)cc1F)c1ccc(Cl)cc1. The number of hydrogen-bond donors (Lipinski definition) is 1. The van der Waals surface area contributed by atoms with E-state index in [0.29, 0.717) is 17.2 Å². The van der Waals surface area contributed by atoms with Gasteiger partial charge >= 0.3 is 0 Å². The first-order chi connectivity index (χ1) is 8.97. The first-order valence-corrected chi connectivity index (χ1v) is 6.01. The molecule has 1 atom stereocenters. The summed E-state index contributed by atoms with van der Waals surface area (Å²) in [6.45, 7) is 1.74. The highest BCUT2D eigenvalue weighted by atomic mass is 35.5. The van der Waals surface area contributed by atoms with Gasteiger partial charge in [0.05, 0.1) is 0 Å². The molecule has 1 nitrogen and oxygen atoms in total. The Morgan fingerprint density at radius 2 is 1.53 bits per heavy atom. The highest BCUT2D eigenvalue weighted by molar-refractivity contribution is 6.30. The van der Waals surface area contributed by atoms with E-state index in [9.17, 15) is 13.2 Å². The number of benzene rings is 2. The summed E-state index contributed by atoms with van der Waals surface area (Å²) in [5, 5.41) is 3.26. The van der Waals surface area contributed by atoms with Crippen molar-refractivity contribution in [2.45, 2.75) is 13.0 Å². The van der Waals surface area contributed by atoms with Crippen LogP contribution in [0.4, 0.5) is 18.9 Å². The van der Waals surface area contributed by atoms with Crippen molar-refractivity contribution in [1.29, 1.82) is 0 Å². The quantitative estimate of drug-likeness (QED) is 0.843. The molecule has 1 N–H and O–H groups in total. The summed E-state index contributed by atoms with van der Waals surface area (Å²) in [6, 6.07) is 7.81. The third-order valence-electron chi connectivity index (χ3n) is 2.74. The largest absolute Gasteiger partial charge is 0.374 e. The minimum absolute atomic E-state index is 0.341. The van der Waals surface area contributed by atoms with Gasteiger partial charge in [0.1, 0.15) is 11.5 Å². The average Bonchev–Trinajstić information content (AvgIpc) is 2.34. The molecule has 0 saturated heterocycles. The van der Waals surface area contributed by atoms with E-state index in [4.69, 9.17) is 11.6 Å². The second-order valence-electron chi connectivity index (χ2n) is 4.16. The second kappa shape index (κ2) is 5.53. The highest BCUT2D eigenvalue weighted by Crippen LogP contribution is 2.26. The summed E-state index contributed by atoms with van der Waals surface area (Å²) < 4.78 is 39.8. The number of nitrogens with one attached hydrogen (secondary N) is 1. The summed E-state index contributed by atoms with van der Waals surface area (Å²) >= 11 is 5.76. The molecule has 0 bridgehead atoms. The molecular weight excluding hydrogens is 275 g/mol. The Hall–Kier alpha value is -1.68. The van der Waals surface area contributed by atoms with E-state index in [-0.39, 0.29) is 11.7 Å². The van der Waals surface area contributed by atoms with Crippen LogP contribution in [0.5, 0.6) is 0 Å². The van der Waals surface area contributed by atoms with Gasteiger partial charge in [0.2, 0.25) is 0 Å². The Balaban J connectivity index is 2.24. The standard InChI is InChI=1S/C14H11ClF3N/c1-8(9-2-4-10(15)5-3-9)19-14-12(17)6-11(16)7-13(14)18/h2-8,19H,1H3. The summed E-state index contributed by atoms with van der Waals surface area (Å²) in [4.78, 5) is 0. The normalized spacial score (nSPS) is 12.3. The molecular formula is C14H11ClF3N. The van der Waals surface area contributed by atoms with Crippen molar-refractivity contribution < 1.29 is 13.2 Å². The van der Waals surface area contributed by atoms with Gasteiger partial charge in [-0.1, -0.05) is 23.7 Å². The minimum Gasteiger partial charge on any atom is -0.374 e. The highest BCUT2D eigenvalue weighted by Gasteiger charge is 2.14. The molecule has 1 unspecified atom stereocenters. The van der Waals surface area contributed by atoms with Crippen LogP contribution in [0.25, 0.3) is 0 Å². The van der Waals surface area contributed by atoms with E-state index in [2.05, 4.69) is 5.32 Å². The van der Waals surface area contributed by atoms with Crippen LogP contribution in [0.2, 0.25) is 5.02 Å². The molecule has 0 aliphatic heterocycles. The molecule has 0 fully saturated rings. The van der Waals surface area contributed by atoms with Crippen molar-refractivity contribution in [3.05, 3.63) is 64.4 Å². The predicted molar refractivity (Wildman–Crippen MR) is 69.8 cm³/mol. The fraction of sp³-hybridized carbons (Fsp3) is 0.143. The maximum absolute atomic E-state index is 13.5. The summed E-state index contributed by atoms with van der Waals surface area (Å²) in [5.41, 5.74) is 0.469. The van der Waals surface area contributed by atoms with E-state index in [1.54, 1.807) is 31.2 Å². The maximum atomic E-state index is 13.5. The molecule has 0 radical (unpaired) electrons. The van der Waals surface area contributed by atoms with Crippen LogP contribution in [-0.2, 0) is 0 Å². The zero-order valence-electron chi connectivity index (χ0n) is 10.1. The van der Waals surface area contributed by atoms with Crippen LogP contribution in [0.1, 0.15) is 18.5 Å². The van der Waals surface area contributed by atoms with Gasteiger partial charge in [-0.25, -0.2) is 13.2 Å². The monoisotopic (exact) mass is 285 g/mol. The Morgan fingerprint density at radius 3 is 2.05 bits per heavy atom. The fourth-order valence-corrected chi connectivity index (χ4v) is 1.86. The lowest BCUT2D eigenvalue weighted by molar-refractivity contribution is 0.545. The van der Waals surface area contributed by atoms with Crippen molar-refractivity contribution in [3.8, 4) is 0 Å². The van der Waals surface area contributed by atoms with Gasteiger partial charge in [0.15, 0.2) is 11.6 Å². The third-order valence-corrected chi connectivity index (χ3v) is 2.99. The third kappa shape index (κ3) is 3.20. The fourth-order valence-electron chi connectivity index (χ4n) is 1.73. The first-order valence-electron chi connectivity index (χ1n) is 5.64. The Labute approximate surface area is 114 Å². The van der Waals surface area contributed by atoms with E-state index >= 15 is 0 Å². The van der Waals surface area contributed by atoms with E-state index in [1.165, 1.54) is 0 Å². The van der Waals surface area contributed by atoms with Gasteiger partial charge in [0, 0.05) is 23.2 Å². The summed E-state index contributed by atoms with van der Waals surface area (Å²) in [5.74, 6) is -2.86. The van der Waals surface area contributed by atoms with Crippen LogP contribution in [-0.4, -0.2) is 0 Å². The lowest BCUT2D eigenvalue weighted by atomic mass is 10.1. The van der Waals surface area contributed by atoms with Crippen molar-refractivity contribution in [3.63, 3.8) is 0 Å². The molecule has 5 heteroatoms. The molecule has 0 aromatic heterocycles. The minimum atomic E-state index is -0.960. The summed E-state index contributed by atoms with van der Waals surface area (Å²) in [7, 11) is 0. The molecule has 0 amide bonds. The van der Waals surface area contributed by atoms with Crippen LogP contribution in [0.3, 0.4) is 0 Å². The van der Waals surface area contributed by atoms with Crippen LogP contribution < -0.4 is 5.32 Å². The Bertz CT molecular complexity index is 561. The molecule has 0 aliphatic rings. The predicted octanol–water partition coefficient (Wildman–Crippen LogP) is 4.93. The Morgan fingerprint density at radius 1 is 1.00 bits per heavy atom. The van der Waals surface area contributed by atoms with Gasteiger partial charge in [0.25, 0.3) is 0 Å². The van der Waals surface area contributed by atoms with E-state index < -0.39 is 17.5 Å². The maximum Gasteiger partial charge on any atom is 0.152 e. The smallest absolute Gasteiger partial charge is 0.152 e. The average molecular weight is 286 g/mol. The van der Waals surface area contributed by atoms with E-state index in [1.807, 2.05) is 0 Å². The molecule has 2 rings (SSSR count). The molecule has 100 valence electrons. The number of anilines is 1. The van der Waals surface area contributed by atoms with E-state index in [0.717, 1.165) is 5.56 Å². The molecule has 2 aromatic carbocycles. The van der Waals surface area contributed by atoms with Crippen LogP contribution >= 0.6 is 11.6 Å². The molecule has 2 aromatic rings. The van der Waals surface area contributed by atoms with Crippen molar-refractivity contribution in [1.82, 2.24) is 0 Å². The lowest BCUT2D eigenvalue weighted by Crippen LogP contribution is -2.10. The van der Waals surface area contributed by atoms with Crippen molar-refractivity contribution in [2.75, 3.05) is 5.32 Å². The zero-order chi connectivity index (χ0) is 14.0. The molecule has 0 heterocycles. The molecule has 19 heavy (non-hydrogen) atoms. The van der Waals surface area contributed by atoms with Gasteiger partial charge in [-0.15, -0.1) is 0 Å². The van der Waals surface area contributed by atoms with Gasteiger partial charge in [-0.05, 0) is 24.6 Å². The van der Waals surface area contributed by atoms with Crippen molar-refractivity contribution >= 4 is 17.3 Å². The number of rotatable bonds is 3. The lowest BCUT2D eigenvalue weighted by Gasteiger charge is -2.17. The second-order valence-corrected chi connectivity index (χ2v) is 4.60. The number of hydrogen-bond acceptors (Lipinski definition) is 1. The van der Waals surface area contributed by atoms with Gasteiger partial charge in [-0.2, -0.15) is 0 Å². The van der Waals surface area contributed by atoms with Gasteiger partial charge < -0.3 is 5.32 Å². The van der Waals surface area contributed by atoms with Crippen LogP contribution in [0, 0.1) is 17.5 Å². The number of halogens is 4. The topological polar surface area (TPSA) is 12.0 Å². The van der Waals surface area contributed by atoms with Crippen molar-refractivity contribution in [2.24, 2.45) is 0 Å². The van der Waals surface area contributed by atoms with Gasteiger partial charge in [-0.3, -0.25) is 0 Å². The molecule has 0 saturated carbocycles. The summed E-state index contributed by atoms with van der Waals surface area (Å²) in [6.07, 6.45) is 0. The molecule has 0 spiro atoms. The van der Waals surface area contributed by atoms with Crippen LogP contribution in [0.15, 0.2) is 36.4 Å². The first kappa shape index (κ1) is 13.7. The zero-order valence-corrected chi connectivity index (χ0v) is 10.8. The molecule has 0 aliphatic carbocycles. The Kier molecular flexibility index (Phi) is 4.00.